The number of hydrogen-bond donors (Lipinski definition) is 1. The van der Waals surface area contributed by atoms with E-state index >= 15 is 0 Å². The first kappa shape index (κ1) is 15.1. The summed E-state index contributed by atoms with van der Waals surface area (Å²) in [5.41, 5.74) is 7.51. The Morgan fingerprint density at radius 2 is 1.84 bits per heavy atom. The summed E-state index contributed by atoms with van der Waals surface area (Å²) in [5, 5.41) is 1.17. The molecular weight excluding hydrogens is 281 g/mol. The second-order valence-corrected chi connectivity index (χ2v) is 6.41. The van der Waals surface area contributed by atoms with Crippen molar-refractivity contribution >= 4 is 23.2 Å². The molecule has 1 aromatic carbocycles. The molecule has 19 heavy (non-hydrogen) atoms. The van der Waals surface area contributed by atoms with Crippen LogP contribution >= 0.6 is 23.2 Å². The summed E-state index contributed by atoms with van der Waals surface area (Å²) in [4.78, 5) is 0. The monoisotopic (exact) mass is 301 g/mol. The van der Waals surface area contributed by atoms with Crippen LogP contribution in [0.3, 0.4) is 0 Å². The van der Waals surface area contributed by atoms with Gasteiger partial charge in [-0.3, -0.25) is 0 Å². The van der Waals surface area contributed by atoms with Crippen LogP contribution in [-0.4, -0.2) is 18.2 Å². The lowest BCUT2D eigenvalue weighted by molar-refractivity contribution is 0.0490. The lowest BCUT2D eigenvalue weighted by Crippen LogP contribution is -2.39. The maximum absolute atomic E-state index is 6.39. The van der Waals surface area contributed by atoms with Crippen molar-refractivity contribution < 1.29 is 4.74 Å². The highest BCUT2D eigenvalue weighted by Gasteiger charge is 2.40. The van der Waals surface area contributed by atoms with Gasteiger partial charge in [0.15, 0.2) is 0 Å². The molecule has 106 valence electrons. The Hall–Kier alpha value is -0.280. The van der Waals surface area contributed by atoms with E-state index in [2.05, 4.69) is 20.8 Å². The molecule has 0 bridgehead atoms. The first-order chi connectivity index (χ1) is 8.90. The third-order valence-electron chi connectivity index (χ3n) is 4.27. The highest BCUT2D eigenvalue weighted by molar-refractivity contribution is 6.42. The normalized spacial score (nSPS) is 32.5. The van der Waals surface area contributed by atoms with E-state index in [-0.39, 0.29) is 18.2 Å². The zero-order chi connectivity index (χ0) is 14.2. The molecule has 0 spiro atoms. The van der Waals surface area contributed by atoms with Gasteiger partial charge in [0.05, 0.1) is 22.3 Å². The van der Waals surface area contributed by atoms with Crippen LogP contribution < -0.4 is 5.73 Å². The quantitative estimate of drug-likeness (QED) is 0.918. The molecule has 2 N–H and O–H groups in total. The van der Waals surface area contributed by atoms with Crippen LogP contribution in [0.25, 0.3) is 0 Å². The number of hydrogen-bond acceptors (Lipinski definition) is 2. The average Bonchev–Trinajstić information content (AvgIpc) is 2.58. The molecule has 1 fully saturated rings. The van der Waals surface area contributed by atoms with E-state index in [1.165, 1.54) is 0 Å². The van der Waals surface area contributed by atoms with Crippen molar-refractivity contribution in [3.8, 4) is 0 Å². The van der Waals surface area contributed by atoms with Crippen LogP contribution in [0.2, 0.25) is 10.0 Å². The predicted molar refractivity (Wildman–Crippen MR) is 80.8 cm³/mol. The molecule has 1 saturated heterocycles. The van der Waals surface area contributed by atoms with Gasteiger partial charge in [0, 0.05) is 12.0 Å². The molecule has 5 unspecified atom stereocenters. The van der Waals surface area contributed by atoms with E-state index in [1.807, 2.05) is 18.2 Å². The first-order valence-electron chi connectivity index (χ1n) is 6.75. The number of rotatable bonds is 3. The maximum atomic E-state index is 6.39. The van der Waals surface area contributed by atoms with Gasteiger partial charge in [0.2, 0.25) is 0 Å². The zero-order valence-electron chi connectivity index (χ0n) is 11.6. The molecule has 0 radical (unpaired) electrons. The molecule has 5 atom stereocenters. The standard InChI is InChI=1S/C15H21Cl2NO/c1-8-9(2)19-10(3)15(8)14(18)7-11-4-5-12(16)13(17)6-11/h4-6,8-10,14-15H,7,18H2,1-3H3. The summed E-state index contributed by atoms with van der Waals surface area (Å²) < 4.78 is 5.86. The van der Waals surface area contributed by atoms with Gasteiger partial charge < -0.3 is 10.5 Å². The van der Waals surface area contributed by atoms with Gasteiger partial charge in [-0.15, -0.1) is 0 Å². The molecule has 1 aromatic rings. The van der Waals surface area contributed by atoms with Gasteiger partial charge >= 0.3 is 0 Å². The van der Waals surface area contributed by atoms with E-state index in [1.54, 1.807) is 0 Å². The second kappa shape index (κ2) is 6.01. The minimum Gasteiger partial charge on any atom is -0.375 e. The van der Waals surface area contributed by atoms with Crippen molar-refractivity contribution in [3.05, 3.63) is 33.8 Å². The Kier molecular flexibility index (Phi) is 4.78. The molecular formula is C15H21Cl2NO. The molecule has 1 aliphatic rings. The summed E-state index contributed by atoms with van der Waals surface area (Å²) in [6.45, 7) is 6.44. The van der Waals surface area contributed by atoms with Gasteiger partial charge in [-0.05, 0) is 43.9 Å². The van der Waals surface area contributed by atoms with Gasteiger partial charge in [-0.25, -0.2) is 0 Å². The smallest absolute Gasteiger partial charge is 0.0597 e. The lowest BCUT2D eigenvalue weighted by atomic mass is 9.81. The molecule has 1 heterocycles. The Bertz CT molecular complexity index is 452. The highest BCUT2D eigenvalue weighted by Crippen LogP contribution is 2.35. The summed E-state index contributed by atoms with van der Waals surface area (Å²) in [7, 11) is 0. The van der Waals surface area contributed by atoms with Gasteiger partial charge in [-0.2, -0.15) is 0 Å². The van der Waals surface area contributed by atoms with Gasteiger partial charge in [-0.1, -0.05) is 36.2 Å². The zero-order valence-corrected chi connectivity index (χ0v) is 13.1. The van der Waals surface area contributed by atoms with E-state index in [4.69, 9.17) is 33.7 Å². The third-order valence-corrected chi connectivity index (χ3v) is 5.01. The van der Waals surface area contributed by atoms with Crippen LogP contribution in [0, 0.1) is 11.8 Å². The summed E-state index contributed by atoms with van der Waals surface area (Å²) >= 11 is 12.0. The van der Waals surface area contributed by atoms with Crippen LogP contribution in [0.4, 0.5) is 0 Å². The minimum absolute atomic E-state index is 0.0761. The van der Waals surface area contributed by atoms with Crippen LogP contribution in [0.1, 0.15) is 26.3 Å². The SMILES string of the molecule is CC1OC(C)C(C(N)Cc2ccc(Cl)c(Cl)c2)C1C. The fourth-order valence-electron chi connectivity index (χ4n) is 3.11. The first-order valence-corrected chi connectivity index (χ1v) is 7.50. The molecule has 4 heteroatoms. The molecule has 1 aliphatic heterocycles. The van der Waals surface area contributed by atoms with Crippen molar-refractivity contribution in [2.24, 2.45) is 17.6 Å². The lowest BCUT2D eigenvalue weighted by Gasteiger charge is -2.25. The van der Waals surface area contributed by atoms with E-state index in [0.29, 0.717) is 21.9 Å². The summed E-state index contributed by atoms with van der Waals surface area (Å²) in [6.07, 6.45) is 1.29. The molecule has 0 aromatic heterocycles. The Morgan fingerprint density at radius 3 is 2.37 bits per heavy atom. The molecule has 0 amide bonds. The van der Waals surface area contributed by atoms with Gasteiger partial charge in [0.1, 0.15) is 0 Å². The van der Waals surface area contributed by atoms with E-state index in [0.717, 1.165) is 12.0 Å². The average molecular weight is 302 g/mol. The molecule has 2 rings (SSSR count). The van der Waals surface area contributed by atoms with Gasteiger partial charge in [0.25, 0.3) is 0 Å². The topological polar surface area (TPSA) is 35.2 Å². The van der Waals surface area contributed by atoms with E-state index in [9.17, 15) is 0 Å². The Morgan fingerprint density at radius 1 is 1.16 bits per heavy atom. The summed E-state index contributed by atoms with van der Waals surface area (Å²) in [6, 6.07) is 5.79. The number of ether oxygens (including phenoxy) is 1. The van der Waals surface area contributed by atoms with Crippen molar-refractivity contribution in [2.45, 2.75) is 45.4 Å². The largest absolute Gasteiger partial charge is 0.375 e. The molecule has 0 aliphatic carbocycles. The molecule has 2 nitrogen and oxygen atoms in total. The Labute approximate surface area is 125 Å². The fraction of sp³-hybridized carbons (Fsp3) is 0.600. The van der Waals surface area contributed by atoms with Crippen molar-refractivity contribution in [3.63, 3.8) is 0 Å². The van der Waals surface area contributed by atoms with Crippen LogP contribution in [-0.2, 0) is 11.2 Å². The van der Waals surface area contributed by atoms with Crippen molar-refractivity contribution in [1.82, 2.24) is 0 Å². The minimum atomic E-state index is 0.0761. The van der Waals surface area contributed by atoms with Crippen LogP contribution in [0.15, 0.2) is 18.2 Å². The Balaban J connectivity index is 2.08. The third kappa shape index (κ3) is 3.25. The van der Waals surface area contributed by atoms with E-state index < -0.39 is 0 Å². The predicted octanol–water partition coefficient (Wildman–Crippen LogP) is 3.92. The summed E-state index contributed by atoms with van der Waals surface area (Å²) in [5.74, 6) is 0.859. The number of halogens is 2. The van der Waals surface area contributed by atoms with Crippen molar-refractivity contribution in [1.29, 1.82) is 0 Å². The maximum Gasteiger partial charge on any atom is 0.0597 e. The highest BCUT2D eigenvalue weighted by atomic mass is 35.5. The number of benzene rings is 1. The molecule has 0 saturated carbocycles. The fourth-order valence-corrected chi connectivity index (χ4v) is 3.43. The second-order valence-electron chi connectivity index (χ2n) is 5.60. The van der Waals surface area contributed by atoms with Crippen molar-refractivity contribution in [2.75, 3.05) is 0 Å². The number of nitrogens with two attached hydrogens (primary N) is 1. The van der Waals surface area contributed by atoms with Crippen LogP contribution in [0.5, 0.6) is 0 Å².